The van der Waals surface area contributed by atoms with E-state index in [0.717, 1.165) is 33.2 Å². The number of carbonyl (C=O) groups excluding carboxylic acids is 5. The Kier molecular flexibility index (Phi) is 17.9. The topological polar surface area (TPSA) is 254 Å². The maximum atomic E-state index is 14.2. The molecule has 5 amide bonds. The number of carbonyl (C=O) groups is 5. The zero-order chi connectivity index (χ0) is 44.6. The second kappa shape index (κ2) is 23.5. The number of nitrogens with one attached hydrogen (secondary N) is 4. The van der Waals surface area contributed by atoms with Crippen LogP contribution in [-0.4, -0.2) is 89.4 Å². The number of thioether (sulfide) groups is 1. The van der Waals surface area contributed by atoms with Crippen LogP contribution in [0.5, 0.6) is 5.75 Å². The molecule has 1 aromatic heterocycles. The second-order valence-electron chi connectivity index (χ2n) is 16.0. The van der Waals surface area contributed by atoms with E-state index in [1.54, 1.807) is 24.4 Å². The molecule has 16 heteroatoms. The van der Waals surface area contributed by atoms with Gasteiger partial charge in [0.2, 0.25) is 23.6 Å². The molecule has 62 heavy (non-hydrogen) atoms. The maximum absolute atomic E-state index is 14.2. The van der Waals surface area contributed by atoms with Crippen molar-refractivity contribution in [2.45, 2.75) is 94.6 Å². The second-order valence-corrected chi connectivity index (χ2v) is 17.0. The minimum atomic E-state index is -1.14. The molecule has 3 aromatic carbocycles. The summed E-state index contributed by atoms with van der Waals surface area (Å²) in [6.07, 6.45) is 3.71. The fourth-order valence-electron chi connectivity index (χ4n) is 7.65. The number of aromatic nitrogens is 1. The molecular weight excluding hydrogens is 809 g/mol. The Labute approximate surface area is 367 Å². The Morgan fingerprint density at radius 3 is 1.89 bits per heavy atom. The highest BCUT2D eigenvalue weighted by atomic mass is 32.2. The Bertz CT molecular complexity index is 2130. The third-order valence-corrected chi connectivity index (χ3v) is 11.9. The molecule has 0 radical (unpaired) electrons. The summed E-state index contributed by atoms with van der Waals surface area (Å²) in [6.45, 7) is 4.60. The number of unbranched alkanes of at least 4 members (excludes halogenated alkanes) is 2. The molecule has 5 rings (SSSR count). The Morgan fingerprint density at radius 2 is 1.29 bits per heavy atom. The van der Waals surface area contributed by atoms with E-state index >= 15 is 0 Å². The van der Waals surface area contributed by atoms with Gasteiger partial charge in [-0.1, -0.05) is 74.5 Å². The van der Waals surface area contributed by atoms with Gasteiger partial charge in [-0.15, -0.1) is 0 Å². The monoisotopic (exact) mass is 868 g/mol. The normalized spacial score (nSPS) is 14.0. The number of hydrogen-bond donors (Lipinski definition) is 8. The Hall–Kier alpha value is -5.71. The number of rotatable bonds is 24. The average molecular weight is 869 g/mol. The van der Waals surface area contributed by atoms with Gasteiger partial charge >= 0.3 is 6.09 Å². The molecule has 1 heterocycles. The van der Waals surface area contributed by atoms with Crippen LogP contribution in [-0.2, 0) is 29.7 Å². The van der Waals surface area contributed by atoms with Crippen molar-refractivity contribution in [1.29, 1.82) is 0 Å². The third kappa shape index (κ3) is 12.9. The van der Waals surface area contributed by atoms with Crippen LogP contribution in [0.15, 0.2) is 79.0 Å². The number of alkyl carbamates (subject to hydrolysis) is 1. The lowest BCUT2D eigenvalue weighted by molar-refractivity contribution is -0.133. The van der Waals surface area contributed by atoms with Crippen LogP contribution in [0, 0.1) is 5.92 Å². The van der Waals surface area contributed by atoms with E-state index in [1.807, 2.05) is 68.4 Å². The minimum absolute atomic E-state index is 0.0357. The number of fused-ring (bicyclic) bond motifs is 4. The number of nitrogens with zero attached hydrogens (tertiary/aromatic N) is 1. The van der Waals surface area contributed by atoms with Gasteiger partial charge < -0.3 is 48.3 Å². The van der Waals surface area contributed by atoms with Gasteiger partial charge in [-0.05, 0) is 104 Å². The summed E-state index contributed by atoms with van der Waals surface area (Å²) in [5, 5.41) is 22.2. The SMILES string of the molecule is CC(C)C[C@H](NC(=O)[C@H](CSCc1ccc(O)c2ncccc12)NC(=O)[C@H](CCCCN)NC(=O)[C@H](CCCCN)NC(=O)OCC1c2ccccc2-c2ccccc21)C(N)=O. The first-order valence-electron chi connectivity index (χ1n) is 21.3. The predicted molar refractivity (Wildman–Crippen MR) is 242 cm³/mol. The van der Waals surface area contributed by atoms with E-state index in [9.17, 15) is 29.1 Å². The lowest BCUT2D eigenvalue weighted by Gasteiger charge is -2.26. The number of nitrogens with two attached hydrogens (primary N) is 3. The first-order chi connectivity index (χ1) is 29.9. The van der Waals surface area contributed by atoms with Crippen LogP contribution in [0.1, 0.15) is 81.4 Å². The number of primary amides is 1. The summed E-state index contributed by atoms with van der Waals surface area (Å²) in [5.41, 5.74) is 22.8. The summed E-state index contributed by atoms with van der Waals surface area (Å²) in [7, 11) is 0. The third-order valence-electron chi connectivity index (χ3n) is 10.9. The van der Waals surface area contributed by atoms with Crippen molar-refractivity contribution in [3.8, 4) is 16.9 Å². The van der Waals surface area contributed by atoms with Crippen LogP contribution >= 0.6 is 11.8 Å². The van der Waals surface area contributed by atoms with Gasteiger partial charge in [-0.25, -0.2) is 4.79 Å². The quantitative estimate of drug-likeness (QED) is 0.0460. The van der Waals surface area contributed by atoms with E-state index in [0.29, 0.717) is 56.5 Å². The van der Waals surface area contributed by atoms with E-state index in [1.165, 1.54) is 11.8 Å². The fraction of sp³-hybridized carbons (Fsp3) is 0.435. The Balaban J connectivity index is 1.30. The van der Waals surface area contributed by atoms with Gasteiger partial charge in [0.15, 0.2) is 0 Å². The highest BCUT2D eigenvalue weighted by molar-refractivity contribution is 7.98. The molecule has 0 spiro atoms. The first kappa shape index (κ1) is 47.3. The van der Waals surface area contributed by atoms with Crippen LogP contribution < -0.4 is 38.5 Å². The number of amides is 5. The summed E-state index contributed by atoms with van der Waals surface area (Å²) < 4.78 is 5.77. The van der Waals surface area contributed by atoms with Gasteiger partial charge in [0, 0.05) is 29.0 Å². The summed E-state index contributed by atoms with van der Waals surface area (Å²) in [5.74, 6) is -2.17. The molecule has 4 aromatic rings. The van der Waals surface area contributed by atoms with Crippen LogP contribution in [0.2, 0.25) is 0 Å². The zero-order valence-electron chi connectivity index (χ0n) is 35.4. The molecule has 4 atom stereocenters. The summed E-state index contributed by atoms with van der Waals surface area (Å²) in [6, 6.07) is 18.6. The maximum Gasteiger partial charge on any atom is 0.407 e. The lowest BCUT2D eigenvalue weighted by Crippen LogP contribution is -2.58. The summed E-state index contributed by atoms with van der Waals surface area (Å²) >= 11 is 1.35. The highest BCUT2D eigenvalue weighted by Gasteiger charge is 2.33. The molecule has 11 N–H and O–H groups in total. The molecule has 0 aliphatic heterocycles. The number of ether oxygens (including phenoxy) is 1. The molecule has 1 aliphatic carbocycles. The van der Waals surface area contributed by atoms with Crippen molar-refractivity contribution in [1.82, 2.24) is 26.3 Å². The largest absolute Gasteiger partial charge is 0.506 e. The molecule has 0 fully saturated rings. The van der Waals surface area contributed by atoms with Gasteiger partial charge in [0.25, 0.3) is 0 Å². The van der Waals surface area contributed by atoms with Gasteiger partial charge in [0.05, 0.1) is 0 Å². The smallest absolute Gasteiger partial charge is 0.407 e. The van der Waals surface area contributed by atoms with Crippen LogP contribution in [0.25, 0.3) is 22.0 Å². The predicted octanol–water partition coefficient (Wildman–Crippen LogP) is 4.32. The number of hydrogen-bond acceptors (Lipinski definition) is 11. The minimum Gasteiger partial charge on any atom is -0.506 e. The van der Waals surface area contributed by atoms with E-state index in [-0.39, 0.29) is 42.8 Å². The van der Waals surface area contributed by atoms with Crippen molar-refractivity contribution < 1.29 is 33.8 Å². The molecule has 1 aliphatic rings. The van der Waals surface area contributed by atoms with E-state index < -0.39 is 53.9 Å². The van der Waals surface area contributed by atoms with Crippen molar-refractivity contribution in [3.05, 3.63) is 95.7 Å². The molecule has 0 bridgehead atoms. The average Bonchev–Trinajstić information content (AvgIpc) is 3.58. The molecule has 15 nitrogen and oxygen atoms in total. The number of aromatic hydroxyl groups is 1. The van der Waals surface area contributed by atoms with Gasteiger partial charge in [-0.3, -0.25) is 24.2 Å². The van der Waals surface area contributed by atoms with Crippen molar-refractivity contribution in [2.24, 2.45) is 23.1 Å². The molecule has 332 valence electrons. The standard InChI is InChI=1S/C46H60N8O7S/c1-28(2)24-38(42(49)56)52-45(59)39(27-62-26-29-19-20-40(55)41-30(29)16-11-23-50-41)53-43(57)36(17-7-9-21-47)51-44(58)37(18-8-10-22-48)54-46(60)61-25-35-33-14-5-3-12-31(33)32-13-4-6-15-34(32)35/h3-6,11-16,19-20,23,28,35-39,55H,7-10,17-18,21-22,24-27,47-48H2,1-2H3,(H2,49,56)(H,51,58)(H,52,59)(H,53,57)(H,54,60)/t36-,37-,38-,39-/m0/s1. The Morgan fingerprint density at radius 1 is 0.726 bits per heavy atom. The van der Waals surface area contributed by atoms with Gasteiger partial charge in [-0.2, -0.15) is 11.8 Å². The zero-order valence-corrected chi connectivity index (χ0v) is 36.3. The highest BCUT2D eigenvalue weighted by Crippen LogP contribution is 2.44. The van der Waals surface area contributed by atoms with E-state index in [2.05, 4.69) is 26.3 Å². The molecular formula is C46H60N8O7S. The molecule has 0 unspecified atom stereocenters. The lowest BCUT2D eigenvalue weighted by atomic mass is 9.98. The van der Waals surface area contributed by atoms with E-state index in [4.69, 9.17) is 21.9 Å². The van der Waals surface area contributed by atoms with Crippen molar-refractivity contribution >= 4 is 52.4 Å². The van der Waals surface area contributed by atoms with Crippen LogP contribution in [0.3, 0.4) is 0 Å². The molecule has 0 saturated carbocycles. The number of pyridine rings is 1. The van der Waals surface area contributed by atoms with Gasteiger partial charge in [0.1, 0.15) is 42.0 Å². The van der Waals surface area contributed by atoms with Crippen molar-refractivity contribution in [3.63, 3.8) is 0 Å². The van der Waals surface area contributed by atoms with Crippen molar-refractivity contribution in [2.75, 3.05) is 25.4 Å². The number of phenolic OH excluding ortho intramolecular Hbond substituents is 1. The number of benzene rings is 3. The summed E-state index contributed by atoms with van der Waals surface area (Å²) in [4.78, 5) is 72.1. The fourth-order valence-corrected chi connectivity index (χ4v) is 8.71. The van der Waals surface area contributed by atoms with Crippen LogP contribution in [0.4, 0.5) is 4.79 Å². The number of phenols is 1. The molecule has 0 saturated heterocycles. The first-order valence-corrected chi connectivity index (χ1v) is 22.4.